The van der Waals surface area contributed by atoms with Crippen LogP contribution in [0.25, 0.3) is 0 Å². The molecule has 0 bridgehead atoms. The van der Waals surface area contributed by atoms with E-state index in [2.05, 4.69) is 36.3 Å². The standard InChI is InChI=1S/C27H39ClN6O4S/c1-37-25-20-11-10-19(34-13-15-38-16-14-34)9-7-18(20)8-12-24(25)31-27-29-17-21(28)26(32-27)30-22-5-3-4-6-23(22)33-39(2,35)36/h8,12,17,19,22-23,33H,3-7,9-11,13-16H2,1-2H3,(H2,29,30,31,32)/t19?,22-,23-/m1/s1. The molecule has 0 spiro atoms. The number of sulfonamides is 1. The van der Waals surface area contributed by atoms with Crippen LogP contribution in [0.2, 0.25) is 5.02 Å². The van der Waals surface area contributed by atoms with Crippen molar-refractivity contribution in [3.8, 4) is 5.75 Å². The van der Waals surface area contributed by atoms with Crippen LogP contribution in [0.3, 0.4) is 0 Å². The van der Waals surface area contributed by atoms with Gasteiger partial charge < -0.3 is 20.1 Å². The summed E-state index contributed by atoms with van der Waals surface area (Å²) in [7, 11) is -1.62. The van der Waals surface area contributed by atoms with Gasteiger partial charge in [-0.25, -0.2) is 18.1 Å². The number of morpholine rings is 1. The van der Waals surface area contributed by atoms with Crippen LogP contribution in [0, 0.1) is 0 Å². The number of nitrogens with one attached hydrogen (secondary N) is 3. The van der Waals surface area contributed by atoms with Gasteiger partial charge in [0.2, 0.25) is 16.0 Å². The molecule has 1 aromatic carbocycles. The molecule has 3 atom stereocenters. The Morgan fingerprint density at radius 3 is 2.56 bits per heavy atom. The number of methoxy groups -OCH3 is 1. The first-order valence-electron chi connectivity index (χ1n) is 13.8. The van der Waals surface area contributed by atoms with Crippen molar-refractivity contribution in [1.29, 1.82) is 0 Å². The number of anilines is 3. The van der Waals surface area contributed by atoms with Crippen molar-refractivity contribution in [3.05, 3.63) is 34.5 Å². The maximum atomic E-state index is 11.9. The molecular weight excluding hydrogens is 540 g/mol. The zero-order chi connectivity index (χ0) is 27.4. The Labute approximate surface area is 236 Å². The Bertz CT molecular complexity index is 1260. The summed E-state index contributed by atoms with van der Waals surface area (Å²) in [6.45, 7) is 3.63. The minimum absolute atomic E-state index is 0.116. The Hall–Kier alpha value is -2.18. The van der Waals surface area contributed by atoms with Crippen molar-refractivity contribution in [1.82, 2.24) is 19.6 Å². The molecule has 3 aliphatic rings. The van der Waals surface area contributed by atoms with E-state index in [1.54, 1.807) is 13.3 Å². The van der Waals surface area contributed by atoms with E-state index in [1.807, 2.05) is 6.07 Å². The molecule has 2 heterocycles. The minimum atomic E-state index is -3.33. The molecule has 1 saturated heterocycles. The zero-order valence-corrected chi connectivity index (χ0v) is 24.3. The maximum absolute atomic E-state index is 11.9. The zero-order valence-electron chi connectivity index (χ0n) is 22.7. The molecular formula is C27H39ClN6O4S. The largest absolute Gasteiger partial charge is 0.494 e. The fourth-order valence-electron chi connectivity index (χ4n) is 6.14. The lowest BCUT2D eigenvalue weighted by molar-refractivity contribution is 0.0136. The van der Waals surface area contributed by atoms with Gasteiger partial charge in [0.25, 0.3) is 0 Å². The summed E-state index contributed by atoms with van der Waals surface area (Å²) in [6.07, 6.45) is 10.5. The Kier molecular flexibility index (Phi) is 9.13. The van der Waals surface area contributed by atoms with Gasteiger partial charge >= 0.3 is 0 Å². The predicted molar refractivity (Wildman–Crippen MR) is 154 cm³/mol. The molecule has 1 aliphatic heterocycles. The smallest absolute Gasteiger partial charge is 0.229 e. The SMILES string of the molecule is COc1c(Nc2ncc(Cl)c(N[C@@H]3CCCC[C@H]3NS(C)(=O)=O)n2)ccc2c1CCC(N1CCOCC1)CC2. The van der Waals surface area contributed by atoms with E-state index in [4.69, 9.17) is 21.1 Å². The summed E-state index contributed by atoms with van der Waals surface area (Å²) in [5, 5.41) is 7.10. The highest BCUT2D eigenvalue weighted by atomic mass is 35.5. The van der Waals surface area contributed by atoms with Crippen molar-refractivity contribution in [2.75, 3.05) is 50.3 Å². The number of aromatic nitrogens is 2. The summed E-state index contributed by atoms with van der Waals surface area (Å²) in [6, 6.07) is 4.43. The molecule has 214 valence electrons. The lowest BCUT2D eigenvalue weighted by Gasteiger charge is -2.34. The van der Waals surface area contributed by atoms with Crippen molar-refractivity contribution in [2.45, 2.75) is 69.5 Å². The second-order valence-corrected chi connectivity index (χ2v) is 12.9. The molecule has 2 fully saturated rings. The molecule has 10 nitrogen and oxygen atoms in total. The number of ether oxygens (including phenoxy) is 2. The van der Waals surface area contributed by atoms with E-state index in [1.165, 1.54) is 17.4 Å². The van der Waals surface area contributed by atoms with Crippen LogP contribution in [0.1, 0.15) is 49.7 Å². The van der Waals surface area contributed by atoms with Gasteiger partial charge in [-0.05, 0) is 55.7 Å². The number of rotatable bonds is 8. The Morgan fingerprint density at radius 2 is 1.82 bits per heavy atom. The molecule has 2 aliphatic carbocycles. The summed E-state index contributed by atoms with van der Waals surface area (Å²) >= 11 is 6.46. The number of hydrogen-bond acceptors (Lipinski definition) is 9. The summed E-state index contributed by atoms with van der Waals surface area (Å²) < 4.78 is 38.0. The highest BCUT2D eigenvalue weighted by Crippen LogP contribution is 2.38. The second kappa shape index (κ2) is 12.6. The highest BCUT2D eigenvalue weighted by Gasteiger charge is 2.29. The summed E-state index contributed by atoms with van der Waals surface area (Å²) in [4.78, 5) is 11.6. The van der Waals surface area contributed by atoms with E-state index in [0.29, 0.717) is 22.8 Å². The first-order valence-corrected chi connectivity index (χ1v) is 16.1. The highest BCUT2D eigenvalue weighted by molar-refractivity contribution is 7.88. The van der Waals surface area contributed by atoms with Crippen LogP contribution in [0.15, 0.2) is 18.3 Å². The van der Waals surface area contributed by atoms with Crippen molar-refractivity contribution < 1.29 is 17.9 Å². The van der Waals surface area contributed by atoms with E-state index in [9.17, 15) is 8.42 Å². The lowest BCUT2D eigenvalue weighted by Crippen LogP contribution is -2.48. The molecule has 1 aromatic heterocycles. The van der Waals surface area contributed by atoms with Crippen molar-refractivity contribution in [2.24, 2.45) is 0 Å². The third kappa shape index (κ3) is 7.13. The van der Waals surface area contributed by atoms with Gasteiger partial charge in [-0.3, -0.25) is 4.90 Å². The van der Waals surface area contributed by atoms with Crippen LogP contribution in [0.4, 0.5) is 17.5 Å². The summed E-state index contributed by atoms with van der Waals surface area (Å²) in [5.74, 6) is 1.69. The topological polar surface area (TPSA) is 118 Å². The molecule has 1 unspecified atom stereocenters. The van der Waals surface area contributed by atoms with E-state index >= 15 is 0 Å². The average molecular weight is 579 g/mol. The average Bonchev–Trinajstić information content (AvgIpc) is 3.14. The summed E-state index contributed by atoms with van der Waals surface area (Å²) in [5.41, 5.74) is 3.38. The molecule has 0 amide bonds. The third-order valence-electron chi connectivity index (χ3n) is 8.04. The van der Waals surface area contributed by atoms with Gasteiger partial charge in [0.15, 0.2) is 5.82 Å². The first kappa shape index (κ1) is 28.4. The monoisotopic (exact) mass is 578 g/mol. The van der Waals surface area contributed by atoms with Crippen molar-refractivity contribution in [3.63, 3.8) is 0 Å². The number of halogens is 1. The van der Waals surface area contributed by atoms with Gasteiger partial charge in [-0.1, -0.05) is 30.5 Å². The van der Waals surface area contributed by atoms with E-state index < -0.39 is 10.0 Å². The Morgan fingerprint density at radius 1 is 1.08 bits per heavy atom. The molecule has 5 rings (SSSR count). The molecule has 1 saturated carbocycles. The first-order chi connectivity index (χ1) is 18.8. The molecule has 12 heteroatoms. The number of benzene rings is 1. The van der Waals surface area contributed by atoms with Crippen LogP contribution >= 0.6 is 11.6 Å². The van der Waals surface area contributed by atoms with E-state index in [0.717, 1.165) is 89.1 Å². The third-order valence-corrected chi connectivity index (χ3v) is 9.05. The van der Waals surface area contributed by atoms with Crippen LogP contribution in [-0.4, -0.2) is 81.1 Å². The van der Waals surface area contributed by atoms with Crippen LogP contribution in [-0.2, 0) is 27.6 Å². The van der Waals surface area contributed by atoms with Gasteiger partial charge in [-0.2, -0.15) is 4.98 Å². The number of hydrogen-bond donors (Lipinski definition) is 3. The van der Waals surface area contributed by atoms with Gasteiger partial charge in [0.1, 0.15) is 10.8 Å². The minimum Gasteiger partial charge on any atom is -0.494 e. The van der Waals surface area contributed by atoms with E-state index in [-0.39, 0.29) is 12.1 Å². The number of aryl methyl sites for hydroxylation is 1. The lowest BCUT2D eigenvalue weighted by atomic mass is 9.91. The van der Waals surface area contributed by atoms with Gasteiger partial charge in [-0.15, -0.1) is 0 Å². The maximum Gasteiger partial charge on any atom is 0.229 e. The Balaban J connectivity index is 1.32. The molecule has 39 heavy (non-hydrogen) atoms. The molecule has 0 radical (unpaired) electrons. The second-order valence-electron chi connectivity index (χ2n) is 10.7. The molecule has 2 aromatic rings. The van der Waals surface area contributed by atoms with Crippen LogP contribution in [0.5, 0.6) is 5.75 Å². The molecule has 3 N–H and O–H groups in total. The number of fused-ring (bicyclic) bond motifs is 1. The van der Waals surface area contributed by atoms with Crippen molar-refractivity contribution >= 4 is 39.1 Å². The quantitative estimate of drug-likeness (QED) is 0.403. The predicted octanol–water partition coefficient (Wildman–Crippen LogP) is 3.73. The van der Waals surface area contributed by atoms with Crippen LogP contribution < -0.4 is 20.1 Å². The normalized spacial score (nSPS) is 24.4. The van der Waals surface area contributed by atoms with Gasteiger partial charge in [0.05, 0.1) is 38.5 Å². The van der Waals surface area contributed by atoms with Gasteiger partial charge in [0, 0.05) is 31.2 Å². The fraction of sp³-hybridized carbons (Fsp3) is 0.630. The fourth-order valence-corrected chi connectivity index (χ4v) is 7.12. The number of nitrogens with zero attached hydrogens (tertiary/aromatic N) is 3.